The van der Waals surface area contributed by atoms with Crippen molar-refractivity contribution in [3.8, 4) is 0 Å². The van der Waals surface area contributed by atoms with E-state index in [2.05, 4.69) is 0 Å². The molecule has 6 heteroatoms. The molecule has 2 aliphatic carbocycles. The minimum atomic E-state index is -0.230. The number of aliphatic hydroxyl groups excluding tert-OH is 2. The number of carbonyl (C=O) groups excluding carboxylic acids is 2. The number of unbranched alkanes of at least 4 members (excludes halogenated alkanes) is 1. The summed E-state index contributed by atoms with van der Waals surface area (Å²) in [6.07, 6.45) is 3.60. The van der Waals surface area contributed by atoms with Gasteiger partial charge in [0.05, 0.1) is 33.9 Å². The molecule has 2 saturated carbocycles. The molecule has 0 unspecified atom stereocenters. The van der Waals surface area contributed by atoms with Gasteiger partial charge in [0.25, 0.3) is 0 Å². The number of para-hydroxylation sites is 2. The smallest absolute Gasteiger partial charge is 0.168 e. The van der Waals surface area contributed by atoms with E-state index in [-0.39, 0.29) is 33.9 Å². The Balaban J connectivity index is 1.50. The molecule has 0 spiro atoms. The van der Waals surface area contributed by atoms with Gasteiger partial charge in [0.15, 0.2) is 11.6 Å². The Hall–Kier alpha value is -3.80. The second-order valence-electron chi connectivity index (χ2n) is 12.5. The van der Waals surface area contributed by atoms with Crippen molar-refractivity contribution >= 4 is 34.4 Å². The topological polar surface area (TPSA) is 99.3 Å². The number of carbonyl (C=O) groups is 2. The highest BCUT2D eigenvalue weighted by molar-refractivity contribution is 6.26. The summed E-state index contributed by atoms with van der Waals surface area (Å²) in [5.74, 6) is -0.0931. The Kier molecular flexibility index (Phi) is 8.87. The third-order valence-electron chi connectivity index (χ3n) is 7.40. The lowest BCUT2D eigenvalue weighted by Gasteiger charge is -2.31. The standard InChI is InChI=1S/C34H40N2O4/c1-33(2)19-25(35-23-13-7-5-8-14-23)31(29(39)21-33)27(37)17-11-12-18-28(38)32-26(20-34(3,4)22-30(32)40)36-24-15-9-6-10-16-24/h5-10,13-16,37-38H,11-12,17-22H2,1-4H3/b31-27+,32-28+,35-25?,36-26?. The Morgan fingerprint density at radius 3 is 1.32 bits per heavy atom. The highest BCUT2D eigenvalue weighted by Gasteiger charge is 2.37. The number of aliphatic hydroxyl groups is 2. The number of hydrogen-bond acceptors (Lipinski definition) is 6. The molecular weight excluding hydrogens is 500 g/mol. The summed E-state index contributed by atoms with van der Waals surface area (Å²) in [7, 11) is 0. The van der Waals surface area contributed by atoms with E-state index in [0.29, 0.717) is 73.9 Å². The summed E-state index contributed by atoms with van der Waals surface area (Å²) >= 11 is 0. The summed E-state index contributed by atoms with van der Waals surface area (Å²) in [5, 5.41) is 22.0. The third-order valence-corrected chi connectivity index (χ3v) is 7.40. The SMILES string of the molecule is CC1(C)CC(=O)/C(=C(/O)CCCC/C(O)=C2\C(=O)CC(C)(C)CC2=Nc2ccccc2)C(=Nc2ccccc2)C1. The van der Waals surface area contributed by atoms with Crippen LogP contribution < -0.4 is 0 Å². The molecule has 40 heavy (non-hydrogen) atoms. The number of allylic oxidation sites excluding steroid dienone is 4. The van der Waals surface area contributed by atoms with E-state index in [0.717, 1.165) is 11.4 Å². The van der Waals surface area contributed by atoms with Gasteiger partial charge in [-0.25, -0.2) is 0 Å². The summed E-state index contributed by atoms with van der Waals surface area (Å²) in [6, 6.07) is 18.9. The number of benzene rings is 2. The van der Waals surface area contributed by atoms with Crippen LogP contribution in [0.15, 0.2) is 93.3 Å². The fraction of sp³-hybridized carbons (Fsp3) is 0.412. The summed E-state index contributed by atoms with van der Waals surface area (Å²) in [5.41, 5.74) is 2.93. The first-order valence-corrected chi connectivity index (χ1v) is 14.1. The van der Waals surface area contributed by atoms with Gasteiger partial charge >= 0.3 is 0 Å². The largest absolute Gasteiger partial charge is 0.511 e. The summed E-state index contributed by atoms with van der Waals surface area (Å²) in [4.78, 5) is 35.6. The maximum absolute atomic E-state index is 13.1. The Morgan fingerprint density at radius 2 is 0.975 bits per heavy atom. The Bertz CT molecular complexity index is 1270. The fourth-order valence-electron chi connectivity index (χ4n) is 5.57. The van der Waals surface area contributed by atoms with Crippen molar-refractivity contribution in [2.45, 2.75) is 79.1 Å². The first kappa shape index (κ1) is 29.2. The van der Waals surface area contributed by atoms with E-state index >= 15 is 0 Å². The molecule has 4 rings (SSSR count). The molecule has 2 fully saturated rings. The minimum absolute atomic E-state index is 0.0455. The normalized spacial score (nSPS) is 23.4. The average Bonchev–Trinajstić information content (AvgIpc) is 2.86. The van der Waals surface area contributed by atoms with Crippen LogP contribution >= 0.6 is 0 Å². The van der Waals surface area contributed by atoms with Gasteiger partial charge in [0.1, 0.15) is 11.5 Å². The van der Waals surface area contributed by atoms with Crippen LogP contribution in [0, 0.1) is 10.8 Å². The van der Waals surface area contributed by atoms with Gasteiger partial charge in [-0.15, -0.1) is 0 Å². The van der Waals surface area contributed by atoms with Gasteiger partial charge in [0.2, 0.25) is 0 Å². The second kappa shape index (κ2) is 12.2. The monoisotopic (exact) mass is 540 g/mol. The molecule has 6 nitrogen and oxygen atoms in total. The molecule has 0 heterocycles. The van der Waals surface area contributed by atoms with Gasteiger partial charge in [-0.1, -0.05) is 64.1 Å². The van der Waals surface area contributed by atoms with Gasteiger partial charge in [-0.2, -0.15) is 0 Å². The van der Waals surface area contributed by atoms with Crippen LogP contribution in [0.3, 0.4) is 0 Å². The average molecular weight is 541 g/mol. The molecule has 0 amide bonds. The molecule has 2 aliphatic rings. The number of nitrogens with zero attached hydrogens (tertiary/aromatic N) is 2. The predicted octanol–water partition coefficient (Wildman–Crippen LogP) is 8.49. The van der Waals surface area contributed by atoms with Gasteiger partial charge in [0, 0.05) is 25.7 Å². The van der Waals surface area contributed by atoms with Crippen LogP contribution in [0.25, 0.3) is 0 Å². The quantitative estimate of drug-likeness (QED) is 0.209. The van der Waals surface area contributed by atoms with Crippen molar-refractivity contribution in [3.05, 3.63) is 83.3 Å². The van der Waals surface area contributed by atoms with Crippen LogP contribution in [0.4, 0.5) is 11.4 Å². The Morgan fingerprint density at radius 1 is 0.625 bits per heavy atom. The molecule has 0 aromatic heterocycles. The molecule has 0 saturated heterocycles. The molecular formula is C34H40N2O4. The molecule has 0 aliphatic heterocycles. The van der Waals surface area contributed by atoms with E-state index < -0.39 is 0 Å². The van der Waals surface area contributed by atoms with Crippen molar-refractivity contribution in [2.24, 2.45) is 20.8 Å². The maximum atomic E-state index is 13.1. The number of hydrogen-bond donors (Lipinski definition) is 2. The molecule has 0 atom stereocenters. The highest BCUT2D eigenvalue weighted by Crippen LogP contribution is 2.38. The molecule has 0 radical (unpaired) electrons. The lowest BCUT2D eigenvalue weighted by Crippen LogP contribution is -2.32. The summed E-state index contributed by atoms with van der Waals surface area (Å²) < 4.78 is 0. The van der Waals surface area contributed by atoms with E-state index in [4.69, 9.17) is 9.98 Å². The zero-order valence-electron chi connectivity index (χ0n) is 24.0. The van der Waals surface area contributed by atoms with Crippen LogP contribution in [0.5, 0.6) is 0 Å². The van der Waals surface area contributed by atoms with Gasteiger partial charge < -0.3 is 10.2 Å². The zero-order chi connectivity index (χ0) is 28.9. The van der Waals surface area contributed by atoms with Crippen molar-refractivity contribution < 1.29 is 19.8 Å². The molecule has 2 aromatic rings. The van der Waals surface area contributed by atoms with Gasteiger partial charge in [-0.05, 0) is 60.8 Å². The fourth-order valence-corrected chi connectivity index (χ4v) is 5.57. The minimum Gasteiger partial charge on any atom is -0.511 e. The Labute approximate surface area is 237 Å². The third kappa shape index (κ3) is 7.44. The van der Waals surface area contributed by atoms with Crippen molar-refractivity contribution in [1.29, 1.82) is 0 Å². The van der Waals surface area contributed by atoms with Crippen LogP contribution in [-0.2, 0) is 9.59 Å². The van der Waals surface area contributed by atoms with E-state index in [1.165, 1.54) is 0 Å². The number of aliphatic imine (C=N–C) groups is 2. The molecule has 0 bridgehead atoms. The van der Waals surface area contributed by atoms with Crippen molar-refractivity contribution in [2.75, 3.05) is 0 Å². The van der Waals surface area contributed by atoms with Crippen LogP contribution in [0.2, 0.25) is 0 Å². The lowest BCUT2D eigenvalue weighted by molar-refractivity contribution is -0.118. The van der Waals surface area contributed by atoms with Gasteiger partial charge in [-0.3, -0.25) is 19.6 Å². The number of ketones is 2. The molecule has 210 valence electrons. The van der Waals surface area contributed by atoms with Crippen LogP contribution in [-0.4, -0.2) is 33.2 Å². The highest BCUT2D eigenvalue weighted by atomic mass is 16.3. The lowest BCUT2D eigenvalue weighted by atomic mass is 9.73. The van der Waals surface area contributed by atoms with E-state index in [1.54, 1.807) is 0 Å². The molecule has 2 aromatic carbocycles. The number of rotatable bonds is 7. The number of Topliss-reactive ketones (excluding diaryl/α,β-unsaturated/α-hetero) is 2. The summed E-state index contributed by atoms with van der Waals surface area (Å²) in [6.45, 7) is 8.16. The zero-order valence-corrected chi connectivity index (χ0v) is 24.0. The maximum Gasteiger partial charge on any atom is 0.168 e. The van der Waals surface area contributed by atoms with E-state index in [9.17, 15) is 19.8 Å². The van der Waals surface area contributed by atoms with Crippen molar-refractivity contribution in [3.63, 3.8) is 0 Å². The van der Waals surface area contributed by atoms with E-state index in [1.807, 2.05) is 88.4 Å². The first-order chi connectivity index (χ1) is 18.9. The second-order valence-corrected chi connectivity index (χ2v) is 12.5. The molecule has 2 N–H and O–H groups in total. The predicted molar refractivity (Wildman–Crippen MR) is 161 cm³/mol. The van der Waals surface area contributed by atoms with Crippen LogP contribution in [0.1, 0.15) is 79.1 Å². The first-order valence-electron chi connectivity index (χ1n) is 14.1. The van der Waals surface area contributed by atoms with Crippen molar-refractivity contribution in [1.82, 2.24) is 0 Å².